The first-order chi connectivity index (χ1) is 8.88. The molecule has 0 bridgehead atoms. The summed E-state index contributed by atoms with van der Waals surface area (Å²) in [6.45, 7) is 8.81. The summed E-state index contributed by atoms with van der Waals surface area (Å²) in [6.07, 6.45) is 8.39. The number of hydrogen-bond acceptors (Lipinski definition) is 3. The lowest BCUT2D eigenvalue weighted by atomic mass is 10.1. The molecule has 2 saturated heterocycles. The van der Waals surface area contributed by atoms with Crippen molar-refractivity contribution in [2.75, 3.05) is 32.7 Å². The van der Waals surface area contributed by atoms with Crippen LogP contribution in [0, 0.1) is 0 Å². The van der Waals surface area contributed by atoms with E-state index in [1.807, 2.05) is 0 Å². The molecule has 1 saturated carbocycles. The molecule has 1 N–H and O–H groups in total. The fourth-order valence-electron chi connectivity index (χ4n) is 4.26. The van der Waals surface area contributed by atoms with Crippen molar-refractivity contribution >= 4 is 0 Å². The summed E-state index contributed by atoms with van der Waals surface area (Å²) in [6, 6.07) is 2.49. The van der Waals surface area contributed by atoms with E-state index in [0.717, 1.165) is 18.1 Å². The van der Waals surface area contributed by atoms with E-state index in [2.05, 4.69) is 22.0 Å². The summed E-state index contributed by atoms with van der Waals surface area (Å²) in [7, 11) is 0. The first-order valence-electron chi connectivity index (χ1n) is 8.10. The molecule has 3 aliphatic rings. The minimum absolute atomic E-state index is 0.776. The lowest BCUT2D eigenvalue weighted by Gasteiger charge is -2.42. The molecule has 2 heterocycles. The number of fused-ring (bicyclic) bond motifs is 1. The van der Waals surface area contributed by atoms with Crippen LogP contribution >= 0.6 is 0 Å². The zero-order valence-electron chi connectivity index (χ0n) is 11.9. The third kappa shape index (κ3) is 2.59. The van der Waals surface area contributed by atoms with Crippen molar-refractivity contribution in [1.29, 1.82) is 0 Å². The van der Waals surface area contributed by atoms with Crippen LogP contribution in [0.1, 0.15) is 45.4 Å². The molecule has 0 spiro atoms. The Hall–Kier alpha value is -0.120. The normalized spacial score (nSPS) is 38.2. The number of nitrogens with zero attached hydrogens (tertiary/aromatic N) is 2. The average molecular weight is 251 g/mol. The second-order valence-corrected chi connectivity index (χ2v) is 6.39. The molecule has 0 aromatic heterocycles. The SMILES string of the molecule is CCCNC1CCCC1N1CCN2CCCC2C1. The molecular weight excluding hydrogens is 222 g/mol. The Bertz CT molecular complexity index is 268. The van der Waals surface area contributed by atoms with Gasteiger partial charge in [0.1, 0.15) is 0 Å². The van der Waals surface area contributed by atoms with Gasteiger partial charge in [-0.25, -0.2) is 0 Å². The van der Waals surface area contributed by atoms with Crippen molar-refractivity contribution < 1.29 is 0 Å². The van der Waals surface area contributed by atoms with Crippen LogP contribution in [-0.4, -0.2) is 60.6 Å². The van der Waals surface area contributed by atoms with E-state index in [-0.39, 0.29) is 0 Å². The number of rotatable bonds is 4. The molecular formula is C15H29N3. The van der Waals surface area contributed by atoms with Crippen molar-refractivity contribution in [1.82, 2.24) is 15.1 Å². The number of hydrogen-bond donors (Lipinski definition) is 1. The van der Waals surface area contributed by atoms with Gasteiger partial charge in [-0.1, -0.05) is 13.3 Å². The Morgan fingerprint density at radius 1 is 1.00 bits per heavy atom. The van der Waals surface area contributed by atoms with E-state index in [0.29, 0.717) is 0 Å². The zero-order valence-corrected chi connectivity index (χ0v) is 11.9. The highest BCUT2D eigenvalue weighted by atomic mass is 15.3. The Balaban J connectivity index is 1.56. The smallest absolute Gasteiger partial charge is 0.0250 e. The van der Waals surface area contributed by atoms with Crippen LogP contribution in [0.5, 0.6) is 0 Å². The van der Waals surface area contributed by atoms with Gasteiger partial charge in [0.15, 0.2) is 0 Å². The molecule has 2 aliphatic heterocycles. The third-order valence-electron chi connectivity index (χ3n) is 5.22. The highest BCUT2D eigenvalue weighted by Gasteiger charge is 2.37. The maximum atomic E-state index is 3.78. The van der Waals surface area contributed by atoms with Gasteiger partial charge in [-0.3, -0.25) is 9.80 Å². The van der Waals surface area contributed by atoms with E-state index < -0.39 is 0 Å². The summed E-state index contributed by atoms with van der Waals surface area (Å²) in [4.78, 5) is 5.53. The highest BCUT2D eigenvalue weighted by molar-refractivity contribution is 4.95. The standard InChI is InChI=1S/C15H29N3/c1-2-8-16-14-6-3-7-15(14)18-11-10-17-9-4-5-13(17)12-18/h13-16H,2-12H2,1H3. The van der Waals surface area contributed by atoms with Crippen LogP contribution < -0.4 is 5.32 Å². The minimum Gasteiger partial charge on any atom is -0.312 e. The minimum atomic E-state index is 0.776. The molecule has 3 rings (SSSR count). The fourth-order valence-corrected chi connectivity index (χ4v) is 4.26. The van der Waals surface area contributed by atoms with Crippen molar-refractivity contribution in [3.8, 4) is 0 Å². The van der Waals surface area contributed by atoms with Gasteiger partial charge in [-0.15, -0.1) is 0 Å². The summed E-state index contributed by atoms with van der Waals surface area (Å²) in [5, 5.41) is 3.78. The van der Waals surface area contributed by atoms with Gasteiger partial charge < -0.3 is 5.32 Å². The van der Waals surface area contributed by atoms with Crippen LogP contribution in [0.15, 0.2) is 0 Å². The largest absolute Gasteiger partial charge is 0.312 e. The van der Waals surface area contributed by atoms with E-state index in [4.69, 9.17) is 0 Å². The second kappa shape index (κ2) is 5.89. The van der Waals surface area contributed by atoms with Gasteiger partial charge in [0.25, 0.3) is 0 Å². The first kappa shape index (κ1) is 12.9. The predicted molar refractivity (Wildman–Crippen MR) is 75.9 cm³/mol. The highest BCUT2D eigenvalue weighted by Crippen LogP contribution is 2.29. The Morgan fingerprint density at radius 3 is 2.78 bits per heavy atom. The zero-order chi connectivity index (χ0) is 12.4. The fraction of sp³-hybridized carbons (Fsp3) is 1.00. The van der Waals surface area contributed by atoms with Gasteiger partial charge in [-0.05, 0) is 45.2 Å². The second-order valence-electron chi connectivity index (χ2n) is 6.39. The number of nitrogens with one attached hydrogen (secondary N) is 1. The average Bonchev–Trinajstić information content (AvgIpc) is 3.03. The maximum absolute atomic E-state index is 3.78. The molecule has 0 aromatic rings. The molecule has 3 heteroatoms. The Morgan fingerprint density at radius 2 is 1.89 bits per heavy atom. The van der Waals surface area contributed by atoms with Gasteiger partial charge >= 0.3 is 0 Å². The molecule has 0 aromatic carbocycles. The van der Waals surface area contributed by atoms with Gasteiger partial charge in [0.2, 0.25) is 0 Å². The lowest BCUT2D eigenvalue weighted by molar-refractivity contribution is 0.0639. The molecule has 1 aliphatic carbocycles. The molecule has 3 fully saturated rings. The van der Waals surface area contributed by atoms with Crippen molar-refractivity contribution in [3.63, 3.8) is 0 Å². The van der Waals surface area contributed by atoms with Crippen LogP contribution in [0.4, 0.5) is 0 Å². The van der Waals surface area contributed by atoms with Crippen molar-refractivity contribution in [3.05, 3.63) is 0 Å². The predicted octanol–water partition coefficient (Wildman–Crippen LogP) is 1.69. The van der Waals surface area contributed by atoms with E-state index >= 15 is 0 Å². The molecule has 3 nitrogen and oxygen atoms in total. The summed E-state index contributed by atoms with van der Waals surface area (Å²) in [5.41, 5.74) is 0. The monoisotopic (exact) mass is 251 g/mol. The summed E-state index contributed by atoms with van der Waals surface area (Å²) in [5.74, 6) is 0. The molecule has 0 radical (unpaired) electrons. The Labute approximate surface area is 112 Å². The number of piperazine rings is 1. The van der Waals surface area contributed by atoms with Crippen LogP contribution in [-0.2, 0) is 0 Å². The van der Waals surface area contributed by atoms with Gasteiger partial charge in [0, 0.05) is 37.8 Å². The molecule has 0 amide bonds. The molecule has 104 valence electrons. The maximum Gasteiger partial charge on any atom is 0.0250 e. The lowest BCUT2D eigenvalue weighted by Crippen LogP contribution is -2.57. The first-order valence-corrected chi connectivity index (χ1v) is 8.10. The third-order valence-corrected chi connectivity index (χ3v) is 5.22. The van der Waals surface area contributed by atoms with E-state index in [1.165, 1.54) is 71.2 Å². The van der Waals surface area contributed by atoms with E-state index in [9.17, 15) is 0 Å². The summed E-state index contributed by atoms with van der Waals surface area (Å²) < 4.78 is 0. The van der Waals surface area contributed by atoms with E-state index in [1.54, 1.807) is 0 Å². The Kier molecular flexibility index (Phi) is 4.22. The molecule has 3 unspecified atom stereocenters. The molecule has 18 heavy (non-hydrogen) atoms. The van der Waals surface area contributed by atoms with Crippen LogP contribution in [0.2, 0.25) is 0 Å². The topological polar surface area (TPSA) is 18.5 Å². The van der Waals surface area contributed by atoms with Gasteiger partial charge in [0.05, 0.1) is 0 Å². The summed E-state index contributed by atoms with van der Waals surface area (Å²) >= 11 is 0. The van der Waals surface area contributed by atoms with Crippen molar-refractivity contribution in [2.45, 2.75) is 63.6 Å². The quantitative estimate of drug-likeness (QED) is 0.820. The van der Waals surface area contributed by atoms with Gasteiger partial charge in [-0.2, -0.15) is 0 Å². The van der Waals surface area contributed by atoms with Crippen LogP contribution in [0.25, 0.3) is 0 Å². The van der Waals surface area contributed by atoms with Crippen molar-refractivity contribution in [2.24, 2.45) is 0 Å². The molecule has 3 atom stereocenters. The van der Waals surface area contributed by atoms with Crippen LogP contribution in [0.3, 0.4) is 0 Å².